The van der Waals surface area contributed by atoms with Crippen LogP contribution in [0.15, 0.2) is 12.1 Å². The van der Waals surface area contributed by atoms with Gasteiger partial charge in [0.25, 0.3) is 0 Å². The second kappa shape index (κ2) is 3.52. The molecule has 5 heteroatoms. The highest BCUT2D eigenvalue weighted by atomic mass is 127. The van der Waals surface area contributed by atoms with Crippen LogP contribution in [0.1, 0.15) is 10.6 Å². The van der Waals surface area contributed by atoms with Crippen molar-refractivity contribution in [3.05, 3.63) is 25.1 Å². The summed E-state index contributed by atoms with van der Waals surface area (Å²) in [7, 11) is 0. The lowest BCUT2D eigenvalue weighted by Crippen LogP contribution is -1.78. The first kappa shape index (κ1) is 9.38. The molecule has 0 aliphatic rings. The van der Waals surface area contributed by atoms with E-state index in [9.17, 15) is 4.79 Å². The van der Waals surface area contributed by atoms with Crippen LogP contribution >= 0.6 is 45.2 Å². The van der Waals surface area contributed by atoms with E-state index in [0.717, 1.165) is 24.5 Å². The van der Waals surface area contributed by atoms with Gasteiger partial charge in [-0.3, -0.25) is 4.79 Å². The fourth-order valence-corrected chi connectivity index (χ4v) is 2.00. The molecule has 1 N–H and O–H groups in total. The smallest absolute Gasteiger partial charge is 0.185 e. The van der Waals surface area contributed by atoms with E-state index in [1.807, 2.05) is 12.1 Å². The van der Waals surface area contributed by atoms with Crippen molar-refractivity contribution < 1.29 is 4.79 Å². The lowest BCUT2D eigenvalue weighted by molar-refractivity contribution is 0.111. The third-order valence-corrected chi connectivity index (χ3v) is 4.47. The van der Waals surface area contributed by atoms with Gasteiger partial charge in [-0.1, -0.05) is 0 Å². The average Bonchev–Trinajstić information content (AvgIpc) is 2.48. The summed E-state index contributed by atoms with van der Waals surface area (Å²) in [6.07, 6.45) is 0.722. The molecule has 1 heterocycles. The van der Waals surface area contributed by atoms with Gasteiger partial charge in [0.15, 0.2) is 12.1 Å². The van der Waals surface area contributed by atoms with E-state index in [2.05, 4.69) is 55.1 Å². The van der Waals surface area contributed by atoms with E-state index in [-0.39, 0.29) is 0 Å². The van der Waals surface area contributed by atoms with Crippen LogP contribution in [0.3, 0.4) is 0 Å². The van der Waals surface area contributed by atoms with Gasteiger partial charge in [0.2, 0.25) is 0 Å². The number of carbonyl (C=O) groups is 1. The Bertz CT molecular complexity index is 439. The van der Waals surface area contributed by atoms with Crippen molar-refractivity contribution >= 4 is 62.5 Å². The molecule has 0 unspecified atom stereocenters. The highest BCUT2D eigenvalue weighted by Crippen LogP contribution is 2.21. The van der Waals surface area contributed by atoms with Gasteiger partial charge in [-0.25, -0.2) is 4.98 Å². The molecule has 0 aliphatic heterocycles. The van der Waals surface area contributed by atoms with Crippen molar-refractivity contribution in [2.24, 2.45) is 0 Å². The Balaban J connectivity index is 2.77. The van der Waals surface area contributed by atoms with Crippen LogP contribution in [0.25, 0.3) is 11.0 Å². The molecule has 0 aliphatic carbocycles. The fraction of sp³-hybridized carbons (Fsp3) is 0. The highest BCUT2D eigenvalue weighted by molar-refractivity contribution is 14.1. The van der Waals surface area contributed by atoms with E-state index in [0.29, 0.717) is 5.82 Å². The number of H-pyrrole nitrogens is 1. The number of halogens is 2. The first-order valence-electron chi connectivity index (χ1n) is 3.50. The standard InChI is InChI=1S/C8H4I2N2O/c9-4-1-6-7(2-5(4)10)12-8(3-13)11-6/h1-3H,(H,11,12). The Hall–Kier alpha value is -0.180. The van der Waals surface area contributed by atoms with E-state index < -0.39 is 0 Å². The van der Waals surface area contributed by atoms with Crippen molar-refractivity contribution in [3.8, 4) is 0 Å². The summed E-state index contributed by atoms with van der Waals surface area (Å²) in [6.45, 7) is 0. The quantitative estimate of drug-likeness (QED) is 0.593. The zero-order valence-electron chi connectivity index (χ0n) is 6.34. The summed E-state index contributed by atoms with van der Waals surface area (Å²) in [5.74, 6) is 0.382. The molecule has 0 atom stereocenters. The van der Waals surface area contributed by atoms with Crippen LogP contribution in [-0.2, 0) is 0 Å². The molecule has 0 fully saturated rings. The minimum absolute atomic E-state index is 0.382. The normalized spacial score (nSPS) is 10.6. The van der Waals surface area contributed by atoms with Gasteiger partial charge < -0.3 is 4.98 Å². The lowest BCUT2D eigenvalue weighted by atomic mass is 10.3. The second-order valence-electron chi connectivity index (χ2n) is 2.52. The number of nitrogens with zero attached hydrogens (tertiary/aromatic N) is 1. The Morgan fingerprint density at radius 2 is 2.00 bits per heavy atom. The number of fused-ring (bicyclic) bond motifs is 1. The van der Waals surface area contributed by atoms with Gasteiger partial charge in [0, 0.05) is 7.14 Å². The van der Waals surface area contributed by atoms with Crippen LogP contribution < -0.4 is 0 Å². The molecule has 1 aromatic heterocycles. The molecule has 0 saturated heterocycles. The van der Waals surface area contributed by atoms with Crippen molar-refractivity contribution in [1.29, 1.82) is 0 Å². The van der Waals surface area contributed by atoms with Gasteiger partial charge in [-0.15, -0.1) is 0 Å². The zero-order chi connectivity index (χ0) is 9.42. The molecule has 3 nitrogen and oxygen atoms in total. The van der Waals surface area contributed by atoms with Crippen molar-refractivity contribution in [2.75, 3.05) is 0 Å². The summed E-state index contributed by atoms with van der Waals surface area (Å²) in [6, 6.07) is 3.94. The third-order valence-electron chi connectivity index (χ3n) is 1.65. The Morgan fingerprint density at radius 3 is 2.69 bits per heavy atom. The molecule has 0 amide bonds. The number of hydrogen-bond acceptors (Lipinski definition) is 2. The minimum atomic E-state index is 0.382. The fourth-order valence-electron chi connectivity index (χ4n) is 1.08. The molecule has 2 rings (SSSR count). The molecule has 66 valence electrons. The predicted molar refractivity (Wildman–Crippen MR) is 66.9 cm³/mol. The zero-order valence-corrected chi connectivity index (χ0v) is 10.7. The van der Waals surface area contributed by atoms with Gasteiger partial charge in [0.1, 0.15) is 0 Å². The molecule has 0 radical (unpaired) electrons. The largest absolute Gasteiger partial charge is 0.336 e. The molecule has 2 aromatic rings. The number of aromatic nitrogens is 2. The maximum atomic E-state index is 10.4. The number of rotatable bonds is 1. The topological polar surface area (TPSA) is 45.8 Å². The highest BCUT2D eigenvalue weighted by Gasteiger charge is 2.04. The SMILES string of the molecule is O=Cc1nc2cc(I)c(I)cc2[nH]1. The summed E-state index contributed by atoms with van der Waals surface area (Å²) >= 11 is 4.49. The summed E-state index contributed by atoms with van der Waals surface area (Å²) in [4.78, 5) is 17.5. The van der Waals surface area contributed by atoms with E-state index in [1.165, 1.54) is 0 Å². The number of imidazole rings is 1. The molecule has 1 aromatic carbocycles. The van der Waals surface area contributed by atoms with Crippen LogP contribution in [-0.4, -0.2) is 16.3 Å². The molecule has 13 heavy (non-hydrogen) atoms. The average molecular weight is 398 g/mol. The van der Waals surface area contributed by atoms with Crippen LogP contribution in [0.4, 0.5) is 0 Å². The van der Waals surface area contributed by atoms with Gasteiger partial charge in [0.05, 0.1) is 11.0 Å². The molecule has 0 spiro atoms. The van der Waals surface area contributed by atoms with Crippen molar-refractivity contribution in [3.63, 3.8) is 0 Å². The first-order valence-corrected chi connectivity index (χ1v) is 5.66. The molecular formula is C8H4I2N2O. The second-order valence-corrected chi connectivity index (χ2v) is 4.85. The number of aromatic amines is 1. The van der Waals surface area contributed by atoms with Crippen molar-refractivity contribution in [1.82, 2.24) is 9.97 Å². The number of benzene rings is 1. The number of aldehydes is 1. The van der Waals surface area contributed by atoms with Gasteiger partial charge in [-0.05, 0) is 57.3 Å². The number of carbonyl (C=O) groups excluding carboxylic acids is 1. The molecule has 0 saturated carbocycles. The number of hydrogen-bond donors (Lipinski definition) is 1. The summed E-state index contributed by atoms with van der Waals surface area (Å²) < 4.78 is 2.31. The van der Waals surface area contributed by atoms with E-state index in [4.69, 9.17) is 0 Å². The van der Waals surface area contributed by atoms with E-state index in [1.54, 1.807) is 0 Å². The molecular weight excluding hydrogens is 394 g/mol. The molecule has 0 bridgehead atoms. The summed E-state index contributed by atoms with van der Waals surface area (Å²) in [5.41, 5.74) is 1.75. The maximum Gasteiger partial charge on any atom is 0.185 e. The van der Waals surface area contributed by atoms with Crippen LogP contribution in [0.2, 0.25) is 0 Å². The first-order chi connectivity index (χ1) is 6.20. The lowest BCUT2D eigenvalue weighted by Gasteiger charge is -1.93. The Morgan fingerprint density at radius 1 is 1.31 bits per heavy atom. The predicted octanol–water partition coefficient (Wildman–Crippen LogP) is 2.58. The summed E-state index contributed by atoms with van der Waals surface area (Å²) in [5, 5.41) is 0. The van der Waals surface area contributed by atoms with E-state index >= 15 is 0 Å². The van der Waals surface area contributed by atoms with Crippen LogP contribution in [0.5, 0.6) is 0 Å². The Labute approximate surface area is 102 Å². The maximum absolute atomic E-state index is 10.4. The van der Waals surface area contributed by atoms with Crippen molar-refractivity contribution in [2.45, 2.75) is 0 Å². The third kappa shape index (κ3) is 1.71. The van der Waals surface area contributed by atoms with Gasteiger partial charge in [-0.2, -0.15) is 0 Å². The van der Waals surface area contributed by atoms with Gasteiger partial charge >= 0.3 is 0 Å². The monoisotopic (exact) mass is 398 g/mol. The van der Waals surface area contributed by atoms with Crippen LogP contribution in [0, 0.1) is 7.14 Å². The minimum Gasteiger partial charge on any atom is -0.336 e. The Kier molecular flexibility index (Phi) is 2.54. The number of nitrogens with one attached hydrogen (secondary N) is 1.